The van der Waals surface area contributed by atoms with E-state index in [0.29, 0.717) is 6.42 Å². The highest BCUT2D eigenvalue weighted by Gasteiger charge is 2.16. The molecule has 3 rings (SSSR count). The molecule has 1 aliphatic heterocycles. The molecule has 1 aromatic carbocycles. The maximum atomic E-state index is 5.78. The van der Waals surface area contributed by atoms with Crippen LogP contribution in [0.15, 0.2) is 47.9 Å². The average Bonchev–Trinajstić information content (AvgIpc) is 2.50. The quantitative estimate of drug-likeness (QED) is 0.642. The summed E-state index contributed by atoms with van der Waals surface area (Å²) in [5, 5.41) is 3.33. The largest absolute Gasteiger partial charge is 0.456 e. The number of allylic oxidation sites excluding steroid dienone is 3. The van der Waals surface area contributed by atoms with Crippen LogP contribution in [0.2, 0.25) is 0 Å². The molecule has 0 spiro atoms. The molecule has 0 radical (unpaired) electrons. The Balaban J connectivity index is 2.04. The molecule has 0 bridgehead atoms. The van der Waals surface area contributed by atoms with Gasteiger partial charge in [-0.15, -0.1) is 0 Å². The second kappa shape index (κ2) is 3.21. The highest BCUT2D eigenvalue weighted by atomic mass is 16.5. The fourth-order valence-electron chi connectivity index (χ4n) is 1.64. The number of fused-ring (bicyclic) bond motifs is 1. The van der Waals surface area contributed by atoms with Crippen molar-refractivity contribution >= 4 is 5.69 Å². The summed E-state index contributed by atoms with van der Waals surface area (Å²) in [6.45, 7) is 0. The van der Waals surface area contributed by atoms with E-state index in [9.17, 15) is 0 Å². The summed E-state index contributed by atoms with van der Waals surface area (Å²) in [5.41, 5.74) is 1.99. The number of anilines is 1. The van der Waals surface area contributed by atoms with Gasteiger partial charge >= 0.3 is 0 Å². The third-order valence-electron chi connectivity index (χ3n) is 2.37. The molecule has 0 aromatic heterocycles. The number of ether oxygens (including phenoxy) is 1. The molecule has 1 aromatic rings. The third-order valence-corrected chi connectivity index (χ3v) is 2.37. The lowest BCUT2D eigenvalue weighted by atomic mass is 10.2. The van der Waals surface area contributed by atoms with Crippen LogP contribution in [0.25, 0.3) is 0 Å². The molecule has 0 atom stereocenters. The summed E-state index contributed by atoms with van der Waals surface area (Å²) in [6.07, 6.45) is 4.45. The smallest absolute Gasteiger partial charge is 0.150 e. The molecule has 1 aliphatic carbocycles. The number of hydrogen-bond acceptors (Lipinski definition) is 2. The average molecular weight is 195 g/mol. The molecule has 0 amide bonds. The van der Waals surface area contributed by atoms with Crippen molar-refractivity contribution in [1.82, 2.24) is 0 Å². The predicted octanol–water partition coefficient (Wildman–Crippen LogP) is 2.67. The van der Waals surface area contributed by atoms with Gasteiger partial charge in [0.15, 0.2) is 5.75 Å². The van der Waals surface area contributed by atoms with Crippen LogP contribution in [-0.4, -0.2) is 0 Å². The molecule has 1 N–H and O–H groups in total. The normalized spacial score (nSPS) is 16.3. The van der Waals surface area contributed by atoms with Crippen LogP contribution in [0.3, 0.4) is 0 Å². The molecule has 72 valence electrons. The Morgan fingerprint density at radius 1 is 1.27 bits per heavy atom. The van der Waals surface area contributed by atoms with Crippen molar-refractivity contribution < 1.29 is 4.74 Å². The second-order valence-corrected chi connectivity index (χ2v) is 3.39. The van der Waals surface area contributed by atoms with E-state index < -0.39 is 0 Å². The van der Waals surface area contributed by atoms with Crippen molar-refractivity contribution in [2.75, 3.05) is 5.32 Å². The summed E-state index contributed by atoms with van der Waals surface area (Å²) in [6, 6.07) is 7.90. The standard InChI is InChI=1S/C13H9NO/c1-2-6-10-12(8-3-1)15-13-9-5-4-7-11(13)14-10/h2,4-7,9,14H,8H2. The van der Waals surface area contributed by atoms with E-state index in [1.165, 1.54) is 0 Å². The van der Waals surface area contributed by atoms with Crippen LogP contribution in [0.1, 0.15) is 6.42 Å². The first-order chi connectivity index (χ1) is 7.43. The molecule has 1 heterocycles. The van der Waals surface area contributed by atoms with Crippen LogP contribution in [0, 0.1) is 11.8 Å². The van der Waals surface area contributed by atoms with Gasteiger partial charge in [-0.2, -0.15) is 0 Å². The van der Waals surface area contributed by atoms with Gasteiger partial charge in [0.2, 0.25) is 0 Å². The highest BCUT2D eigenvalue weighted by molar-refractivity contribution is 5.64. The maximum absolute atomic E-state index is 5.78. The third kappa shape index (κ3) is 1.38. The lowest BCUT2D eigenvalue weighted by molar-refractivity contribution is 0.409. The highest BCUT2D eigenvalue weighted by Crippen LogP contribution is 2.33. The van der Waals surface area contributed by atoms with Gasteiger partial charge in [0.1, 0.15) is 5.76 Å². The Labute approximate surface area is 88.3 Å². The number of rotatable bonds is 0. The van der Waals surface area contributed by atoms with Crippen molar-refractivity contribution in [3.8, 4) is 17.6 Å². The fourth-order valence-corrected chi connectivity index (χ4v) is 1.64. The van der Waals surface area contributed by atoms with E-state index in [4.69, 9.17) is 4.74 Å². The molecule has 0 fully saturated rings. The van der Waals surface area contributed by atoms with E-state index in [2.05, 4.69) is 17.2 Å². The van der Waals surface area contributed by atoms with Crippen LogP contribution >= 0.6 is 0 Å². The molecule has 0 unspecified atom stereocenters. The molecule has 2 aliphatic rings. The Morgan fingerprint density at radius 3 is 3.20 bits per heavy atom. The van der Waals surface area contributed by atoms with E-state index in [0.717, 1.165) is 22.9 Å². The lowest BCUT2D eigenvalue weighted by Crippen LogP contribution is -2.12. The van der Waals surface area contributed by atoms with Gasteiger partial charge in [-0.1, -0.05) is 24.0 Å². The van der Waals surface area contributed by atoms with Crippen molar-refractivity contribution in [2.24, 2.45) is 0 Å². The molecule has 2 nitrogen and oxygen atoms in total. The monoisotopic (exact) mass is 195 g/mol. The SMILES string of the molecule is C1#CCC2=C(C=C1)Nc1ccccc1O2. The van der Waals surface area contributed by atoms with E-state index in [1.807, 2.05) is 36.4 Å². The Hall–Kier alpha value is -2.14. The zero-order chi connectivity index (χ0) is 10.1. The van der Waals surface area contributed by atoms with Gasteiger partial charge in [-0.25, -0.2) is 0 Å². The van der Waals surface area contributed by atoms with E-state index in [-0.39, 0.29) is 0 Å². The minimum absolute atomic E-state index is 0.656. The molecule has 2 heteroatoms. The first-order valence-electron chi connectivity index (χ1n) is 4.85. The van der Waals surface area contributed by atoms with Crippen LogP contribution in [0.4, 0.5) is 5.69 Å². The Kier molecular flexibility index (Phi) is 1.76. The minimum Gasteiger partial charge on any atom is -0.456 e. The summed E-state index contributed by atoms with van der Waals surface area (Å²) >= 11 is 0. The second-order valence-electron chi connectivity index (χ2n) is 3.39. The number of para-hydroxylation sites is 2. The van der Waals surface area contributed by atoms with E-state index in [1.54, 1.807) is 0 Å². The van der Waals surface area contributed by atoms with Crippen molar-refractivity contribution in [2.45, 2.75) is 6.42 Å². The van der Waals surface area contributed by atoms with Gasteiger partial charge in [0.25, 0.3) is 0 Å². The number of benzene rings is 1. The van der Waals surface area contributed by atoms with Gasteiger partial charge in [0.05, 0.1) is 17.8 Å². The van der Waals surface area contributed by atoms with Crippen LogP contribution in [0.5, 0.6) is 5.75 Å². The lowest BCUT2D eigenvalue weighted by Gasteiger charge is -2.21. The topological polar surface area (TPSA) is 21.3 Å². The maximum Gasteiger partial charge on any atom is 0.150 e. The van der Waals surface area contributed by atoms with Crippen molar-refractivity contribution in [1.29, 1.82) is 0 Å². The Morgan fingerprint density at radius 2 is 2.20 bits per heavy atom. The van der Waals surface area contributed by atoms with Gasteiger partial charge in [-0.05, 0) is 24.3 Å². The van der Waals surface area contributed by atoms with E-state index >= 15 is 0 Å². The molecule has 0 saturated carbocycles. The molecule has 0 saturated heterocycles. The Bertz CT molecular complexity index is 529. The summed E-state index contributed by atoms with van der Waals surface area (Å²) in [7, 11) is 0. The van der Waals surface area contributed by atoms with Gasteiger partial charge < -0.3 is 10.1 Å². The van der Waals surface area contributed by atoms with Crippen LogP contribution in [-0.2, 0) is 0 Å². The summed E-state index contributed by atoms with van der Waals surface area (Å²) in [5.74, 6) is 7.72. The fraction of sp³-hybridized carbons (Fsp3) is 0.0769. The molecule has 15 heavy (non-hydrogen) atoms. The number of hydrogen-bond donors (Lipinski definition) is 1. The number of nitrogens with one attached hydrogen (secondary N) is 1. The molecular weight excluding hydrogens is 186 g/mol. The summed E-state index contributed by atoms with van der Waals surface area (Å²) in [4.78, 5) is 0. The van der Waals surface area contributed by atoms with Crippen LogP contribution < -0.4 is 10.1 Å². The van der Waals surface area contributed by atoms with Gasteiger partial charge in [0, 0.05) is 0 Å². The predicted molar refractivity (Wildman–Crippen MR) is 59.3 cm³/mol. The first kappa shape index (κ1) is 8.19. The first-order valence-corrected chi connectivity index (χ1v) is 4.85. The van der Waals surface area contributed by atoms with Crippen molar-refractivity contribution in [3.63, 3.8) is 0 Å². The zero-order valence-electron chi connectivity index (χ0n) is 8.08. The summed E-state index contributed by atoms with van der Waals surface area (Å²) < 4.78 is 5.78. The molecular formula is C13H9NO. The van der Waals surface area contributed by atoms with Gasteiger partial charge in [-0.3, -0.25) is 0 Å². The zero-order valence-corrected chi connectivity index (χ0v) is 8.08. The minimum atomic E-state index is 0.656. The van der Waals surface area contributed by atoms with Crippen molar-refractivity contribution in [3.05, 3.63) is 47.9 Å².